The van der Waals surface area contributed by atoms with Crippen molar-refractivity contribution < 1.29 is 19.1 Å². The van der Waals surface area contributed by atoms with Crippen molar-refractivity contribution in [3.63, 3.8) is 0 Å². The van der Waals surface area contributed by atoms with Crippen LogP contribution in [0.15, 0.2) is 42.5 Å². The largest absolute Gasteiger partial charge is 0.486 e. The number of anilines is 1. The van der Waals surface area contributed by atoms with Gasteiger partial charge in [-0.2, -0.15) is 0 Å². The standard InChI is InChI=1S/C21H25N3O4/c1-3-24(14-16-6-9-18-19(12-16)28-11-10-27-18)20(25)13-22-21(26)23-17-7-4-15(2)5-8-17/h4-9,12H,3,10-11,13-14H2,1-2H3,(H2,22,23,26). The highest BCUT2D eigenvalue weighted by Crippen LogP contribution is 2.31. The molecule has 7 nitrogen and oxygen atoms in total. The molecule has 2 aromatic carbocycles. The second kappa shape index (κ2) is 9.12. The number of benzene rings is 2. The maximum absolute atomic E-state index is 12.5. The zero-order valence-electron chi connectivity index (χ0n) is 16.2. The third-order valence-corrected chi connectivity index (χ3v) is 4.42. The highest BCUT2D eigenvalue weighted by atomic mass is 16.6. The third-order valence-electron chi connectivity index (χ3n) is 4.42. The maximum Gasteiger partial charge on any atom is 0.319 e. The lowest BCUT2D eigenvalue weighted by atomic mass is 10.1. The van der Waals surface area contributed by atoms with E-state index < -0.39 is 6.03 Å². The number of rotatable bonds is 6. The van der Waals surface area contributed by atoms with Gasteiger partial charge in [-0.05, 0) is 43.7 Å². The molecular weight excluding hydrogens is 358 g/mol. The number of hydrogen-bond donors (Lipinski definition) is 2. The van der Waals surface area contributed by atoms with Crippen molar-refractivity contribution in [2.24, 2.45) is 0 Å². The zero-order valence-corrected chi connectivity index (χ0v) is 16.2. The van der Waals surface area contributed by atoms with Gasteiger partial charge in [0, 0.05) is 18.8 Å². The Bertz CT molecular complexity index is 836. The molecule has 2 N–H and O–H groups in total. The third kappa shape index (κ3) is 5.16. The summed E-state index contributed by atoms with van der Waals surface area (Å²) in [6.07, 6.45) is 0. The lowest BCUT2D eigenvalue weighted by Gasteiger charge is -2.23. The smallest absolute Gasteiger partial charge is 0.319 e. The fourth-order valence-corrected chi connectivity index (χ4v) is 2.86. The first-order valence-electron chi connectivity index (χ1n) is 9.33. The van der Waals surface area contributed by atoms with E-state index in [0.29, 0.717) is 37.7 Å². The summed E-state index contributed by atoms with van der Waals surface area (Å²) in [5, 5.41) is 5.32. The minimum absolute atomic E-state index is 0.0733. The first-order chi connectivity index (χ1) is 13.5. The number of amides is 3. The van der Waals surface area contributed by atoms with Gasteiger partial charge >= 0.3 is 6.03 Å². The first-order valence-corrected chi connectivity index (χ1v) is 9.33. The molecule has 0 bridgehead atoms. The highest BCUT2D eigenvalue weighted by molar-refractivity contribution is 5.92. The van der Waals surface area contributed by atoms with Crippen molar-refractivity contribution in [3.8, 4) is 11.5 Å². The minimum Gasteiger partial charge on any atom is -0.486 e. The van der Waals surface area contributed by atoms with Crippen LogP contribution in [0.25, 0.3) is 0 Å². The van der Waals surface area contributed by atoms with Crippen LogP contribution in [0.4, 0.5) is 10.5 Å². The second-order valence-electron chi connectivity index (χ2n) is 6.56. The van der Waals surface area contributed by atoms with E-state index in [2.05, 4.69) is 10.6 Å². The Morgan fingerprint density at radius 1 is 1.04 bits per heavy atom. The zero-order chi connectivity index (χ0) is 19.9. The predicted octanol–water partition coefficient (Wildman–Crippen LogP) is 2.94. The van der Waals surface area contributed by atoms with Crippen molar-refractivity contribution >= 4 is 17.6 Å². The number of nitrogens with one attached hydrogen (secondary N) is 2. The molecule has 1 aliphatic rings. The summed E-state index contributed by atoms with van der Waals surface area (Å²) in [5.41, 5.74) is 2.74. The quantitative estimate of drug-likeness (QED) is 0.804. The summed E-state index contributed by atoms with van der Waals surface area (Å²) in [7, 11) is 0. The molecule has 2 aromatic rings. The Morgan fingerprint density at radius 2 is 1.75 bits per heavy atom. The van der Waals surface area contributed by atoms with Crippen LogP contribution in [-0.4, -0.2) is 43.1 Å². The summed E-state index contributed by atoms with van der Waals surface area (Å²) >= 11 is 0. The molecule has 0 fully saturated rings. The summed E-state index contributed by atoms with van der Waals surface area (Å²) in [6, 6.07) is 12.7. The summed E-state index contributed by atoms with van der Waals surface area (Å²) < 4.78 is 11.1. The van der Waals surface area contributed by atoms with E-state index in [0.717, 1.165) is 16.9 Å². The molecule has 0 aliphatic carbocycles. The Kier molecular flexibility index (Phi) is 6.37. The molecule has 0 aromatic heterocycles. The highest BCUT2D eigenvalue weighted by Gasteiger charge is 2.16. The van der Waals surface area contributed by atoms with Crippen LogP contribution >= 0.6 is 0 Å². The average molecular weight is 383 g/mol. The lowest BCUT2D eigenvalue weighted by molar-refractivity contribution is -0.130. The Balaban J connectivity index is 1.51. The molecule has 0 atom stereocenters. The van der Waals surface area contributed by atoms with Gasteiger partial charge in [0.2, 0.25) is 5.91 Å². The molecule has 148 valence electrons. The number of fused-ring (bicyclic) bond motifs is 1. The fourth-order valence-electron chi connectivity index (χ4n) is 2.86. The molecule has 0 saturated carbocycles. The molecule has 0 radical (unpaired) electrons. The van der Waals surface area contributed by atoms with Crippen LogP contribution < -0.4 is 20.1 Å². The molecule has 1 heterocycles. The van der Waals surface area contributed by atoms with E-state index in [9.17, 15) is 9.59 Å². The molecule has 0 saturated heterocycles. The minimum atomic E-state index is -0.410. The summed E-state index contributed by atoms with van der Waals surface area (Å²) in [5.74, 6) is 1.26. The average Bonchev–Trinajstić information content (AvgIpc) is 2.71. The Labute approximate surface area is 164 Å². The molecule has 0 unspecified atom stereocenters. The van der Waals surface area contributed by atoms with E-state index >= 15 is 0 Å². The van der Waals surface area contributed by atoms with Gasteiger partial charge in [-0.25, -0.2) is 4.79 Å². The van der Waals surface area contributed by atoms with Gasteiger partial charge in [-0.1, -0.05) is 23.8 Å². The normalized spacial score (nSPS) is 12.2. The van der Waals surface area contributed by atoms with Crippen molar-refractivity contribution in [1.29, 1.82) is 0 Å². The first kappa shape index (κ1) is 19.5. The van der Waals surface area contributed by atoms with E-state index in [-0.39, 0.29) is 12.5 Å². The monoisotopic (exact) mass is 383 g/mol. The number of nitrogens with zero attached hydrogens (tertiary/aromatic N) is 1. The van der Waals surface area contributed by atoms with E-state index in [1.165, 1.54) is 0 Å². The van der Waals surface area contributed by atoms with Gasteiger partial charge in [0.15, 0.2) is 11.5 Å². The van der Waals surface area contributed by atoms with Crippen LogP contribution in [0.5, 0.6) is 11.5 Å². The van der Waals surface area contributed by atoms with Crippen molar-refractivity contribution in [1.82, 2.24) is 10.2 Å². The van der Waals surface area contributed by atoms with Crippen LogP contribution in [0, 0.1) is 6.92 Å². The predicted molar refractivity (Wildman–Crippen MR) is 107 cm³/mol. The molecule has 28 heavy (non-hydrogen) atoms. The SMILES string of the molecule is CCN(Cc1ccc2c(c1)OCCO2)C(=O)CNC(=O)Nc1ccc(C)cc1. The van der Waals surface area contributed by atoms with Crippen molar-refractivity contribution in [2.45, 2.75) is 20.4 Å². The van der Waals surface area contributed by atoms with Crippen molar-refractivity contribution in [3.05, 3.63) is 53.6 Å². The number of urea groups is 1. The molecule has 3 amide bonds. The Hall–Kier alpha value is -3.22. The lowest BCUT2D eigenvalue weighted by Crippen LogP contribution is -2.41. The fraction of sp³-hybridized carbons (Fsp3) is 0.333. The number of carbonyl (C=O) groups excluding carboxylic acids is 2. The molecule has 7 heteroatoms. The van der Waals surface area contributed by atoms with Crippen LogP contribution in [0.2, 0.25) is 0 Å². The van der Waals surface area contributed by atoms with Gasteiger partial charge in [0.25, 0.3) is 0 Å². The van der Waals surface area contributed by atoms with Gasteiger partial charge < -0.3 is 25.0 Å². The van der Waals surface area contributed by atoms with E-state index in [1.54, 1.807) is 4.90 Å². The number of carbonyl (C=O) groups is 2. The van der Waals surface area contributed by atoms with E-state index in [4.69, 9.17) is 9.47 Å². The molecule has 3 rings (SSSR count). The van der Waals surface area contributed by atoms with Gasteiger partial charge in [0.05, 0.1) is 6.54 Å². The van der Waals surface area contributed by atoms with Crippen LogP contribution in [-0.2, 0) is 11.3 Å². The molecule has 1 aliphatic heterocycles. The number of likely N-dealkylation sites (N-methyl/N-ethyl adjacent to an activating group) is 1. The molecular formula is C21H25N3O4. The van der Waals surface area contributed by atoms with Gasteiger partial charge in [-0.15, -0.1) is 0 Å². The number of aryl methyl sites for hydroxylation is 1. The van der Waals surface area contributed by atoms with Crippen molar-refractivity contribution in [2.75, 3.05) is 31.6 Å². The topological polar surface area (TPSA) is 79.9 Å². The number of hydrogen-bond acceptors (Lipinski definition) is 4. The van der Waals surface area contributed by atoms with Gasteiger partial charge in [-0.3, -0.25) is 4.79 Å². The summed E-state index contributed by atoms with van der Waals surface area (Å²) in [4.78, 5) is 26.2. The summed E-state index contributed by atoms with van der Waals surface area (Å²) in [6.45, 7) is 5.85. The van der Waals surface area contributed by atoms with Gasteiger partial charge in [0.1, 0.15) is 13.2 Å². The van der Waals surface area contributed by atoms with Crippen LogP contribution in [0.1, 0.15) is 18.1 Å². The number of ether oxygens (including phenoxy) is 2. The Morgan fingerprint density at radius 3 is 2.46 bits per heavy atom. The molecule has 0 spiro atoms. The maximum atomic E-state index is 12.5. The second-order valence-corrected chi connectivity index (χ2v) is 6.56. The van der Waals surface area contributed by atoms with Crippen LogP contribution in [0.3, 0.4) is 0 Å². The van der Waals surface area contributed by atoms with E-state index in [1.807, 2.05) is 56.3 Å².